The second-order valence-corrected chi connectivity index (χ2v) is 6.34. The molecule has 0 aliphatic rings. The fourth-order valence-electron chi connectivity index (χ4n) is 2.74. The molecule has 0 fully saturated rings. The van der Waals surface area contributed by atoms with E-state index in [1.54, 1.807) is 13.2 Å². The maximum Gasteiger partial charge on any atom is 0.202 e. The minimum absolute atomic E-state index is 0.0223. The summed E-state index contributed by atoms with van der Waals surface area (Å²) in [5, 5.41) is 0.512. The van der Waals surface area contributed by atoms with Crippen LogP contribution >= 0.6 is 11.6 Å². The number of ether oxygens (including phenoxy) is 2. The van der Waals surface area contributed by atoms with E-state index in [1.165, 1.54) is 0 Å². The van der Waals surface area contributed by atoms with Crippen molar-refractivity contribution >= 4 is 17.4 Å². The highest BCUT2D eigenvalue weighted by molar-refractivity contribution is 6.32. The molecule has 0 atom stereocenters. The standard InChI is InChI=1S/C19H24ClNO3/c1-13-6-7-17(20)19(10-13)24-12-18(22)16-11-14(2)21(15(16)3)8-5-9-23-4/h6-7,10-11H,5,8-9,12H2,1-4H3. The monoisotopic (exact) mass is 349 g/mol. The molecule has 2 aromatic rings. The van der Waals surface area contributed by atoms with Gasteiger partial charge in [-0.05, 0) is 51.0 Å². The van der Waals surface area contributed by atoms with Crippen LogP contribution < -0.4 is 4.74 Å². The Kier molecular flexibility index (Phi) is 6.46. The lowest BCUT2D eigenvalue weighted by molar-refractivity contribution is 0.0921. The number of nitrogens with zero attached hydrogens (tertiary/aromatic N) is 1. The molecule has 0 radical (unpaired) electrons. The molecule has 0 bridgehead atoms. The fourth-order valence-corrected chi connectivity index (χ4v) is 2.91. The molecule has 1 aromatic heterocycles. The molecule has 130 valence electrons. The second kappa shape index (κ2) is 8.36. The molecule has 1 heterocycles. The number of carbonyl (C=O) groups excluding carboxylic acids is 1. The van der Waals surface area contributed by atoms with Crippen LogP contribution in [0.3, 0.4) is 0 Å². The van der Waals surface area contributed by atoms with Crippen molar-refractivity contribution in [2.45, 2.75) is 33.7 Å². The number of benzene rings is 1. The number of carbonyl (C=O) groups is 1. The summed E-state index contributed by atoms with van der Waals surface area (Å²) in [4.78, 5) is 12.5. The SMILES string of the molecule is COCCCn1c(C)cc(C(=O)COc2cc(C)ccc2Cl)c1C. The third-order valence-corrected chi connectivity index (χ3v) is 4.36. The first kappa shape index (κ1) is 18.6. The molecule has 0 unspecified atom stereocenters. The van der Waals surface area contributed by atoms with E-state index in [-0.39, 0.29) is 12.4 Å². The van der Waals surface area contributed by atoms with Gasteiger partial charge in [0.05, 0.1) is 5.02 Å². The van der Waals surface area contributed by atoms with E-state index in [1.807, 2.05) is 39.0 Å². The van der Waals surface area contributed by atoms with Crippen molar-refractivity contribution in [3.05, 3.63) is 51.8 Å². The number of hydrogen-bond acceptors (Lipinski definition) is 3. The Hall–Kier alpha value is -1.78. The molecule has 0 aliphatic carbocycles. The summed E-state index contributed by atoms with van der Waals surface area (Å²) < 4.78 is 12.9. The summed E-state index contributed by atoms with van der Waals surface area (Å²) in [6.45, 7) is 7.45. The molecule has 0 saturated carbocycles. The zero-order valence-corrected chi connectivity index (χ0v) is 15.4. The Bertz CT molecular complexity index is 722. The smallest absolute Gasteiger partial charge is 0.202 e. The number of hydrogen-bond donors (Lipinski definition) is 0. The normalized spacial score (nSPS) is 10.9. The lowest BCUT2D eigenvalue weighted by Gasteiger charge is -2.10. The Balaban J connectivity index is 2.07. The average molecular weight is 350 g/mol. The molecule has 0 amide bonds. The Morgan fingerprint density at radius 2 is 1.96 bits per heavy atom. The van der Waals surface area contributed by atoms with Crippen LogP contribution in [0, 0.1) is 20.8 Å². The number of Topliss-reactive ketones (excluding diaryl/α,β-unsaturated/α-hetero) is 1. The van der Waals surface area contributed by atoms with Gasteiger partial charge in [0, 0.05) is 37.2 Å². The van der Waals surface area contributed by atoms with Crippen LogP contribution in [-0.4, -0.2) is 30.7 Å². The molecule has 0 N–H and O–H groups in total. The largest absolute Gasteiger partial charge is 0.484 e. The summed E-state index contributed by atoms with van der Waals surface area (Å²) >= 11 is 6.10. The van der Waals surface area contributed by atoms with E-state index in [4.69, 9.17) is 21.1 Å². The van der Waals surface area contributed by atoms with Gasteiger partial charge in [0.25, 0.3) is 0 Å². The summed E-state index contributed by atoms with van der Waals surface area (Å²) in [5.41, 5.74) is 3.78. The molecule has 0 spiro atoms. The van der Waals surface area contributed by atoms with E-state index in [0.717, 1.165) is 29.9 Å². The zero-order chi connectivity index (χ0) is 17.7. The first-order valence-corrected chi connectivity index (χ1v) is 8.39. The first-order valence-electron chi connectivity index (χ1n) is 8.02. The molecular formula is C19H24ClNO3. The zero-order valence-electron chi connectivity index (χ0n) is 14.7. The van der Waals surface area contributed by atoms with Gasteiger partial charge in [-0.2, -0.15) is 0 Å². The van der Waals surface area contributed by atoms with Crippen LogP contribution in [0.15, 0.2) is 24.3 Å². The van der Waals surface area contributed by atoms with E-state index < -0.39 is 0 Å². The third-order valence-electron chi connectivity index (χ3n) is 4.05. The van der Waals surface area contributed by atoms with Crippen molar-refractivity contribution in [1.29, 1.82) is 0 Å². The predicted molar refractivity (Wildman–Crippen MR) is 96.4 cm³/mol. The van der Waals surface area contributed by atoms with Crippen molar-refractivity contribution in [1.82, 2.24) is 4.57 Å². The van der Waals surface area contributed by atoms with Gasteiger partial charge in [-0.1, -0.05) is 17.7 Å². The predicted octanol–water partition coefficient (Wildman–Crippen LogP) is 4.36. The van der Waals surface area contributed by atoms with Crippen LogP contribution in [0.2, 0.25) is 5.02 Å². The van der Waals surface area contributed by atoms with Crippen LogP contribution in [0.4, 0.5) is 0 Å². The van der Waals surface area contributed by atoms with Gasteiger partial charge in [-0.25, -0.2) is 0 Å². The number of halogens is 1. The number of rotatable bonds is 8. The topological polar surface area (TPSA) is 40.5 Å². The second-order valence-electron chi connectivity index (χ2n) is 5.93. The first-order chi connectivity index (χ1) is 11.4. The number of aryl methyl sites for hydroxylation is 2. The van der Waals surface area contributed by atoms with E-state index in [2.05, 4.69) is 4.57 Å². The molecule has 4 nitrogen and oxygen atoms in total. The van der Waals surface area contributed by atoms with Gasteiger partial charge < -0.3 is 14.0 Å². The third kappa shape index (κ3) is 4.40. The summed E-state index contributed by atoms with van der Waals surface area (Å²) in [6.07, 6.45) is 0.913. The van der Waals surface area contributed by atoms with Gasteiger partial charge in [-0.15, -0.1) is 0 Å². The number of aromatic nitrogens is 1. The van der Waals surface area contributed by atoms with Gasteiger partial charge in [0.1, 0.15) is 5.75 Å². The Labute approximate surface area is 148 Å². The molecular weight excluding hydrogens is 326 g/mol. The van der Waals surface area contributed by atoms with Crippen LogP contribution in [0.1, 0.15) is 33.7 Å². The number of ketones is 1. The maximum absolute atomic E-state index is 12.5. The lowest BCUT2D eigenvalue weighted by atomic mass is 10.1. The summed E-state index contributed by atoms with van der Waals surface area (Å²) in [7, 11) is 1.69. The highest BCUT2D eigenvalue weighted by atomic mass is 35.5. The van der Waals surface area contributed by atoms with Gasteiger partial charge in [-0.3, -0.25) is 4.79 Å². The summed E-state index contributed by atoms with van der Waals surface area (Å²) in [6, 6.07) is 7.44. The maximum atomic E-state index is 12.5. The molecule has 0 aliphatic heterocycles. The summed E-state index contributed by atoms with van der Waals surface area (Å²) in [5.74, 6) is 0.498. The Morgan fingerprint density at radius 1 is 1.21 bits per heavy atom. The van der Waals surface area contributed by atoms with Crippen molar-refractivity contribution in [2.24, 2.45) is 0 Å². The molecule has 24 heavy (non-hydrogen) atoms. The quantitative estimate of drug-likeness (QED) is 0.525. The lowest BCUT2D eigenvalue weighted by Crippen LogP contribution is -2.13. The fraction of sp³-hybridized carbons (Fsp3) is 0.421. The van der Waals surface area contributed by atoms with E-state index in [0.29, 0.717) is 22.9 Å². The molecule has 2 rings (SSSR count). The van der Waals surface area contributed by atoms with Crippen molar-refractivity contribution in [2.75, 3.05) is 20.3 Å². The van der Waals surface area contributed by atoms with Gasteiger partial charge in [0.2, 0.25) is 5.78 Å². The van der Waals surface area contributed by atoms with Crippen LogP contribution in [0.5, 0.6) is 5.75 Å². The van der Waals surface area contributed by atoms with E-state index in [9.17, 15) is 4.79 Å². The van der Waals surface area contributed by atoms with Crippen molar-refractivity contribution in [3.63, 3.8) is 0 Å². The molecule has 0 saturated heterocycles. The average Bonchev–Trinajstić information content (AvgIpc) is 2.83. The Morgan fingerprint density at radius 3 is 2.67 bits per heavy atom. The minimum atomic E-state index is -0.0429. The van der Waals surface area contributed by atoms with Crippen molar-refractivity contribution < 1.29 is 14.3 Å². The minimum Gasteiger partial charge on any atom is -0.484 e. The van der Waals surface area contributed by atoms with E-state index >= 15 is 0 Å². The van der Waals surface area contributed by atoms with Crippen LogP contribution in [0.25, 0.3) is 0 Å². The van der Waals surface area contributed by atoms with Crippen molar-refractivity contribution in [3.8, 4) is 5.75 Å². The van der Waals surface area contributed by atoms with Gasteiger partial charge in [0.15, 0.2) is 6.61 Å². The molecule has 5 heteroatoms. The van der Waals surface area contributed by atoms with Crippen LogP contribution in [-0.2, 0) is 11.3 Å². The number of methoxy groups -OCH3 is 1. The van der Waals surface area contributed by atoms with Gasteiger partial charge >= 0.3 is 0 Å². The highest BCUT2D eigenvalue weighted by Crippen LogP contribution is 2.25. The molecule has 1 aromatic carbocycles. The highest BCUT2D eigenvalue weighted by Gasteiger charge is 2.16.